The molecular weight excluding hydrogens is 344 g/mol. The van der Waals surface area contributed by atoms with Crippen LogP contribution in [0, 0.1) is 5.92 Å². The van der Waals surface area contributed by atoms with Gasteiger partial charge in [-0.25, -0.2) is 8.51 Å². The van der Waals surface area contributed by atoms with E-state index in [1.807, 2.05) is 42.4 Å². The number of rotatable bonds is 3. The van der Waals surface area contributed by atoms with Crippen LogP contribution in [0.2, 0.25) is 0 Å². The Kier molecular flexibility index (Phi) is 12.4. The summed E-state index contributed by atoms with van der Waals surface area (Å²) in [5.74, 6) is 1.41. The maximum Gasteiger partial charge on any atom is 0.219 e. The van der Waals surface area contributed by atoms with Crippen molar-refractivity contribution in [2.24, 2.45) is 5.92 Å². The van der Waals surface area contributed by atoms with E-state index in [2.05, 4.69) is 34.6 Å². The van der Waals surface area contributed by atoms with Crippen molar-refractivity contribution in [1.82, 2.24) is 9.21 Å². The lowest BCUT2D eigenvalue weighted by atomic mass is 10.0. The molecule has 4 nitrogen and oxygen atoms in total. The van der Waals surface area contributed by atoms with E-state index >= 15 is 0 Å². The molecule has 0 bridgehead atoms. The highest BCUT2D eigenvalue weighted by Gasteiger charge is 2.23. The fourth-order valence-corrected chi connectivity index (χ4v) is 3.45. The minimum Gasteiger partial charge on any atom is -0.340 e. The Morgan fingerprint density at radius 1 is 0.923 bits per heavy atom. The van der Waals surface area contributed by atoms with Crippen LogP contribution in [0.25, 0.3) is 0 Å². The third kappa shape index (κ3) is 8.95. The first kappa shape index (κ1) is 24.8. The summed E-state index contributed by atoms with van der Waals surface area (Å²) < 4.78 is 14.4. The van der Waals surface area contributed by atoms with E-state index in [0.29, 0.717) is 32.1 Å². The van der Waals surface area contributed by atoms with Gasteiger partial charge in [0.05, 0.1) is 4.90 Å². The Labute approximate surface area is 163 Å². The molecule has 0 saturated carbocycles. The first-order valence-electron chi connectivity index (χ1n) is 9.74. The monoisotopic (exact) mass is 382 g/mol. The number of hydrogen-bond acceptors (Lipinski definition) is 2. The summed E-state index contributed by atoms with van der Waals surface area (Å²) in [6, 6.07) is 7.99. The first-order valence-corrected chi connectivity index (χ1v) is 10.8. The molecule has 0 spiro atoms. The van der Waals surface area contributed by atoms with E-state index in [9.17, 15) is 9.00 Å². The zero-order chi connectivity index (χ0) is 20.3. The van der Waals surface area contributed by atoms with Gasteiger partial charge in [0.15, 0.2) is 0 Å². The van der Waals surface area contributed by atoms with Crippen LogP contribution in [0.3, 0.4) is 0 Å². The van der Waals surface area contributed by atoms with Crippen molar-refractivity contribution in [3.8, 4) is 0 Å². The number of benzene rings is 1. The summed E-state index contributed by atoms with van der Waals surface area (Å²) in [5.41, 5.74) is 1.26. The van der Waals surface area contributed by atoms with Gasteiger partial charge in [0, 0.05) is 33.1 Å². The number of nitrogens with zero attached hydrogens (tertiary/aromatic N) is 2. The molecule has 1 amide bonds. The Morgan fingerprint density at radius 2 is 1.35 bits per heavy atom. The Bertz CT molecular complexity index is 531. The molecule has 1 aromatic carbocycles. The molecule has 1 heterocycles. The maximum absolute atomic E-state index is 12.5. The molecule has 5 heteroatoms. The third-order valence-electron chi connectivity index (χ3n) is 3.67. The topological polar surface area (TPSA) is 40.6 Å². The minimum absolute atomic E-state index is 0.0942. The molecule has 1 aromatic rings. The van der Waals surface area contributed by atoms with Crippen LogP contribution < -0.4 is 0 Å². The predicted octanol–water partition coefficient (Wildman–Crippen LogP) is 4.69. The lowest BCUT2D eigenvalue weighted by Gasteiger charge is -2.33. The van der Waals surface area contributed by atoms with Gasteiger partial charge in [-0.05, 0) is 29.5 Å². The summed E-state index contributed by atoms with van der Waals surface area (Å²) >= 11 is 0. The standard InChI is InChI=1S/C15H22N2O2S.C4H10.C2H6/c1-12(2)14-4-6-15(7-5-14)20(19)17-10-8-16(9-11-17)13(3)18;1-4(2)3;1-2/h4-7,12H,8-11H2,1-3H3;4H,1-3H3;1-2H3. The lowest BCUT2D eigenvalue weighted by molar-refractivity contribution is -0.129. The number of hydrogen-bond donors (Lipinski definition) is 0. The van der Waals surface area contributed by atoms with E-state index in [4.69, 9.17) is 0 Å². The van der Waals surface area contributed by atoms with E-state index in [0.717, 1.165) is 10.8 Å². The zero-order valence-electron chi connectivity index (χ0n) is 17.9. The summed E-state index contributed by atoms with van der Waals surface area (Å²) in [6.07, 6.45) is 0. The van der Waals surface area contributed by atoms with Crippen LogP contribution in [0.1, 0.15) is 66.9 Å². The van der Waals surface area contributed by atoms with Crippen LogP contribution >= 0.6 is 0 Å². The second-order valence-corrected chi connectivity index (χ2v) is 8.63. The fraction of sp³-hybridized carbons (Fsp3) is 0.667. The van der Waals surface area contributed by atoms with Crippen molar-refractivity contribution in [2.75, 3.05) is 26.2 Å². The molecule has 150 valence electrons. The van der Waals surface area contributed by atoms with Gasteiger partial charge < -0.3 is 4.90 Å². The molecule has 26 heavy (non-hydrogen) atoms. The van der Waals surface area contributed by atoms with Gasteiger partial charge in [-0.2, -0.15) is 0 Å². The van der Waals surface area contributed by atoms with Gasteiger partial charge in [0.1, 0.15) is 11.0 Å². The van der Waals surface area contributed by atoms with Crippen LogP contribution in [-0.2, 0) is 15.8 Å². The van der Waals surface area contributed by atoms with Gasteiger partial charge in [0.2, 0.25) is 5.91 Å². The molecule has 1 unspecified atom stereocenters. The molecule has 1 fully saturated rings. The molecule has 1 saturated heterocycles. The number of amides is 1. The van der Waals surface area contributed by atoms with Crippen LogP contribution in [0.15, 0.2) is 29.2 Å². The minimum atomic E-state index is -1.12. The summed E-state index contributed by atoms with van der Waals surface area (Å²) in [5, 5.41) is 0. The highest BCUT2D eigenvalue weighted by atomic mass is 32.2. The highest BCUT2D eigenvalue weighted by Crippen LogP contribution is 2.18. The molecule has 1 aliphatic rings. The molecule has 0 N–H and O–H groups in total. The van der Waals surface area contributed by atoms with Gasteiger partial charge in [-0.1, -0.05) is 60.6 Å². The molecular formula is C21H38N2O2S. The lowest BCUT2D eigenvalue weighted by Crippen LogP contribution is -2.48. The summed E-state index contributed by atoms with van der Waals surface area (Å²) in [4.78, 5) is 13.9. The smallest absolute Gasteiger partial charge is 0.219 e. The van der Waals surface area contributed by atoms with Crippen molar-refractivity contribution in [1.29, 1.82) is 0 Å². The Hall–Kier alpha value is -1.20. The second-order valence-electron chi connectivity index (χ2n) is 7.14. The first-order chi connectivity index (χ1) is 12.2. The Balaban J connectivity index is 0.000000920. The molecule has 0 aromatic heterocycles. The van der Waals surface area contributed by atoms with Crippen molar-refractivity contribution in [3.05, 3.63) is 29.8 Å². The number of carbonyl (C=O) groups excluding carboxylic acids is 1. The normalized spacial score (nSPS) is 15.7. The van der Waals surface area contributed by atoms with Crippen molar-refractivity contribution >= 4 is 16.9 Å². The average molecular weight is 383 g/mol. The molecule has 0 radical (unpaired) electrons. The molecule has 1 atom stereocenters. The fourth-order valence-electron chi connectivity index (χ4n) is 2.29. The van der Waals surface area contributed by atoms with Crippen molar-refractivity contribution < 1.29 is 9.00 Å². The molecule has 0 aliphatic carbocycles. The molecule has 1 aliphatic heterocycles. The van der Waals surface area contributed by atoms with E-state index < -0.39 is 11.0 Å². The second kappa shape index (κ2) is 13.0. The number of piperazine rings is 1. The molecule has 2 rings (SSSR count). The van der Waals surface area contributed by atoms with Gasteiger partial charge in [-0.3, -0.25) is 4.79 Å². The van der Waals surface area contributed by atoms with Gasteiger partial charge in [0.25, 0.3) is 0 Å². The van der Waals surface area contributed by atoms with E-state index in [1.165, 1.54) is 5.56 Å². The number of carbonyl (C=O) groups is 1. The summed E-state index contributed by atoms with van der Waals surface area (Å²) in [6.45, 7) is 19.0. The highest BCUT2D eigenvalue weighted by molar-refractivity contribution is 7.82. The third-order valence-corrected chi connectivity index (χ3v) is 5.18. The quantitative estimate of drug-likeness (QED) is 0.761. The maximum atomic E-state index is 12.5. The van der Waals surface area contributed by atoms with Crippen molar-refractivity contribution in [2.45, 2.75) is 66.2 Å². The van der Waals surface area contributed by atoms with Crippen LogP contribution in [-0.4, -0.2) is 45.5 Å². The van der Waals surface area contributed by atoms with E-state index in [-0.39, 0.29) is 5.91 Å². The van der Waals surface area contributed by atoms with Crippen LogP contribution in [0.5, 0.6) is 0 Å². The van der Waals surface area contributed by atoms with Crippen LogP contribution in [0.4, 0.5) is 0 Å². The predicted molar refractivity (Wildman–Crippen MR) is 113 cm³/mol. The zero-order valence-corrected chi connectivity index (χ0v) is 18.7. The van der Waals surface area contributed by atoms with Gasteiger partial charge in [-0.15, -0.1) is 0 Å². The summed E-state index contributed by atoms with van der Waals surface area (Å²) in [7, 11) is -1.12. The van der Waals surface area contributed by atoms with Crippen molar-refractivity contribution in [3.63, 3.8) is 0 Å². The Morgan fingerprint density at radius 3 is 1.69 bits per heavy atom. The average Bonchev–Trinajstić information content (AvgIpc) is 2.62. The van der Waals surface area contributed by atoms with Gasteiger partial charge >= 0.3 is 0 Å². The largest absolute Gasteiger partial charge is 0.340 e. The van der Waals surface area contributed by atoms with E-state index in [1.54, 1.807) is 11.8 Å². The SMILES string of the molecule is CC.CC(=O)N1CCN(S(=O)c2ccc(C(C)C)cc2)CC1.CC(C)C.